The molecule has 1 aliphatic rings. The van der Waals surface area contributed by atoms with Gasteiger partial charge in [0.2, 0.25) is 0 Å². The minimum Gasteiger partial charge on any atom is -0.497 e. The fraction of sp³-hybridized carbons (Fsp3) is 0.318. The van der Waals surface area contributed by atoms with Crippen molar-refractivity contribution in [2.45, 2.75) is 6.54 Å². The van der Waals surface area contributed by atoms with Gasteiger partial charge in [0.05, 0.1) is 13.7 Å². The lowest BCUT2D eigenvalue weighted by Crippen LogP contribution is -2.55. The van der Waals surface area contributed by atoms with Gasteiger partial charge in [-0.15, -0.1) is 0 Å². The molecule has 3 aromatic rings. The summed E-state index contributed by atoms with van der Waals surface area (Å²) in [5, 5.41) is 4.19. The number of likely N-dealkylation sites (tertiary alicyclic amines) is 1. The van der Waals surface area contributed by atoms with E-state index in [-0.39, 0.29) is 6.03 Å². The molecule has 0 radical (unpaired) electrons. The summed E-state index contributed by atoms with van der Waals surface area (Å²) in [6.45, 7) is 2.59. The van der Waals surface area contributed by atoms with E-state index in [4.69, 9.17) is 9.47 Å². The molecule has 1 saturated heterocycles. The van der Waals surface area contributed by atoms with Crippen LogP contribution in [0, 0.1) is 5.92 Å². The van der Waals surface area contributed by atoms with Crippen molar-refractivity contribution in [3.8, 4) is 11.5 Å². The van der Waals surface area contributed by atoms with E-state index in [1.165, 1.54) is 10.9 Å². The summed E-state index contributed by atoms with van der Waals surface area (Å²) in [6.07, 6.45) is 2.04. The maximum atomic E-state index is 12.3. The molecule has 28 heavy (non-hydrogen) atoms. The SMILES string of the molecule is COc1ccc(OCC2CN(C(=O)NCc3ccc4c(ccn4C)c3)C2)cc1. The van der Waals surface area contributed by atoms with Crippen LogP contribution in [0.3, 0.4) is 0 Å². The van der Waals surface area contributed by atoms with Gasteiger partial charge in [0.1, 0.15) is 11.5 Å². The van der Waals surface area contributed by atoms with Crippen LogP contribution in [0.4, 0.5) is 4.79 Å². The highest BCUT2D eigenvalue weighted by molar-refractivity contribution is 5.81. The lowest BCUT2D eigenvalue weighted by atomic mass is 10.0. The third-order valence-electron chi connectivity index (χ3n) is 5.18. The molecule has 1 N–H and O–H groups in total. The number of amides is 2. The molecule has 1 fully saturated rings. The zero-order chi connectivity index (χ0) is 19.5. The molecule has 6 heteroatoms. The van der Waals surface area contributed by atoms with E-state index < -0.39 is 0 Å². The number of aromatic nitrogens is 1. The molecular weight excluding hydrogens is 354 g/mol. The average Bonchev–Trinajstić information content (AvgIpc) is 3.06. The van der Waals surface area contributed by atoms with Crippen LogP contribution >= 0.6 is 0 Å². The normalized spacial score (nSPS) is 14.0. The number of rotatable bonds is 6. The summed E-state index contributed by atoms with van der Waals surface area (Å²) in [5.74, 6) is 2.00. The minimum absolute atomic E-state index is 0.0196. The maximum Gasteiger partial charge on any atom is 0.317 e. The third kappa shape index (κ3) is 3.91. The first-order valence-corrected chi connectivity index (χ1v) is 9.46. The van der Waals surface area contributed by atoms with Gasteiger partial charge in [0.15, 0.2) is 0 Å². The monoisotopic (exact) mass is 379 g/mol. The molecule has 1 aromatic heterocycles. The Labute approximate surface area is 164 Å². The van der Waals surface area contributed by atoms with Gasteiger partial charge in [-0.25, -0.2) is 4.79 Å². The Balaban J connectivity index is 1.20. The van der Waals surface area contributed by atoms with E-state index in [0.717, 1.165) is 30.2 Å². The molecule has 4 rings (SSSR count). The summed E-state index contributed by atoms with van der Waals surface area (Å²) in [4.78, 5) is 14.1. The molecule has 0 atom stereocenters. The Hall–Kier alpha value is -3.15. The number of ether oxygens (including phenoxy) is 2. The van der Waals surface area contributed by atoms with Gasteiger partial charge in [-0.05, 0) is 53.4 Å². The zero-order valence-electron chi connectivity index (χ0n) is 16.2. The molecule has 0 aliphatic carbocycles. The predicted octanol–water partition coefficient (Wildman–Crippen LogP) is 3.41. The lowest BCUT2D eigenvalue weighted by molar-refractivity contribution is 0.0854. The smallest absolute Gasteiger partial charge is 0.317 e. The largest absolute Gasteiger partial charge is 0.497 e. The minimum atomic E-state index is -0.0196. The van der Waals surface area contributed by atoms with Crippen molar-refractivity contribution in [3.63, 3.8) is 0 Å². The summed E-state index contributed by atoms with van der Waals surface area (Å²) in [5.41, 5.74) is 2.30. The molecule has 6 nitrogen and oxygen atoms in total. The van der Waals surface area contributed by atoms with E-state index in [0.29, 0.717) is 19.1 Å². The second-order valence-corrected chi connectivity index (χ2v) is 7.24. The van der Waals surface area contributed by atoms with Crippen LogP contribution in [-0.2, 0) is 13.6 Å². The van der Waals surface area contributed by atoms with Crippen molar-refractivity contribution in [1.29, 1.82) is 0 Å². The van der Waals surface area contributed by atoms with Crippen molar-refractivity contribution in [1.82, 2.24) is 14.8 Å². The van der Waals surface area contributed by atoms with Crippen molar-refractivity contribution in [2.24, 2.45) is 13.0 Å². The number of benzene rings is 2. The van der Waals surface area contributed by atoms with Gasteiger partial charge >= 0.3 is 6.03 Å². The number of fused-ring (bicyclic) bond motifs is 1. The fourth-order valence-electron chi connectivity index (χ4n) is 3.46. The zero-order valence-corrected chi connectivity index (χ0v) is 16.2. The molecule has 1 aliphatic heterocycles. The summed E-state index contributed by atoms with van der Waals surface area (Å²) in [6, 6.07) is 15.9. The molecular formula is C22H25N3O3. The van der Waals surface area contributed by atoms with Gasteiger partial charge in [0, 0.05) is 44.3 Å². The molecule has 146 valence electrons. The number of carbonyl (C=O) groups is 1. The summed E-state index contributed by atoms with van der Waals surface area (Å²) >= 11 is 0. The van der Waals surface area contributed by atoms with Crippen LogP contribution in [-0.4, -0.2) is 42.3 Å². The van der Waals surface area contributed by atoms with E-state index in [1.54, 1.807) is 7.11 Å². The van der Waals surface area contributed by atoms with Crippen LogP contribution in [0.25, 0.3) is 10.9 Å². The fourth-order valence-corrected chi connectivity index (χ4v) is 3.46. The maximum absolute atomic E-state index is 12.3. The molecule has 0 unspecified atom stereocenters. The van der Waals surface area contributed by atoms with Gasteiger partial charge in [-0.3, -0.25) is 0 Å². The standard InChI is InChI=1S/C22H25N3O3/c1-24-10-9-18-11-16(3-8-21(18)24)12-23-22(26)25-13-17(14-25)15-28-20-6-4-19(27-2)5-7-20/h3-11,17H,12-15H2,1-2H3,(H,23,26). The average molecular weight is 379 g/mol. The molecule has 0 saturated carbocycles. The van der Waals surface area contributed by atoms with Crippen molar-refractivity contribution in [3.05, 3.63) is 60.3 Å². The summed E-state index contributed by atoms with van der Waals surface area (Å²) < 4.78 is 13.0. The van der Waals surface area contributed by atoms with Gasteiger partial charge in [-0.1, -0.05) is 6.07 Å². The van der Waals surface area contributed by atoms with Gasteiger partial charge < -0.3 is 24.3 Å². The number of aryl methyl sites for hydroxylation is 1. The van der Waals surface area contributed by atoms with Crippen LogP contribution in [0.2, 0.25) is 0 Å². The highest BCUT2D eigenvalue weighted by Gasteiger charge is 2.30. The van der Waals surface area contributed by atoms with Crippen LogP contribution < -0.4 is 14.8 Å². The number of urea groups is 1. The quantitative estimate of drug-likeness (QED) is 0.714. The third-order valence-corrected chi connectivity index (χ3v) is 5.18. The van der Waals surface area contributed by atoms with Crippen molar-refractivity contribution < 1.29 is 14.3 Å². The Bertz CT molecular complexity index is 959. The number of hydrogen-bond donors (Lipinski definition) is 1. The van der Waals surface area contributed by atoms with Gasteiger partial charge in [-0.2, -0.15) is 0 Å². The van der Waals surface area contributed by atoms with E-state index in [1.807, 2.05) is 42.4 Å². The van der Waals surface area contributed by atoms with E-state index >= 15 is 0 Å². The number of nitrogens with one attached hydrogen (secondary N) is 1. The summed E-state index contributed by atoms with van der Waals surface area (Å²) in [7, 11) is 3.67. The van der Waals surface area contributed by atoms with E-state index in [9.17, 15) is 4.79 Å². The molecule has 2 aromatic carbocycles. The topological polar surface area (TPSA) is 55.7 Å². The first-order chi connectivity index (χ1) is 13.6. The highest BCUT2D eigenvalue weighted by Crippen LogP contribution is 2.21. The lowest BCUT2D eigenvalue weighted by Gasteiger charge is -2.38. The van der Waals surface area contributed by atoms with Crippen molar-refractivity contribution in [2.75, 3.05) is 26.8 Å². The second kappa shape index (κ2) is 7.84. The molecule has 0 bridgehead atoms. The van der Waals surface area contributed by atoms with Crippen molar-refractivity contribution >= 4 is 16.9 Å². The van der Waals surface area contributed by atoms with Crippen LogP contribution in [0.1, 0.15) is 5.56 Å². The Kier molecular flexibility index (Phi) is 5.10. The molecule has 0 spiro atoms. The second-order valence-electron chi connectivity index (χ2n) is 7.24. The molecule has 2 heterocycles. The first-order valence-electron chi connectivity index (χ1n) is 9.46. The number of nitrogens with zero attached hydrogens (tertiary/aromatic N) is 2. The molecule has 2 amide bonds. The van der Waals surface area contributed by atoms with Crippen LogP contribution in [0.5, 0.6) is 11.5 Å². The van der Waals surface area contributed by atoms with E-state index in [2.05, 4.69) is 34.1 Å². The Morgan fingerprint density at radius 2 is 1.86 bits per heavy atom. The van der Waals surface area contributed by atoms with Crippen LogP contribution in [0.15, 0.2) is 54.7 Å². The number of methoxy groups -OCH3 is 1. The number of carbonyl (C=O) groups excluding carboxylic acids is 1. The Morgan fingerprint density at radius 3 is 2.61 bits per heavy atom. The highest BCUT2D eigenvalue weighted by atomic mass is 16.5. The van der Waals surface area contributed by atoms with Gasteiger partial charge in [0.25, 0.3) is 0 Å². The Morgan fingerprint density at radius 1 is 1.11 bits per heavy atom. The first kappa shape index (κ1) is 18.2. The predicted molar refractivity (Wildman–Crippen MR) is 109 cm³/mol. The number of hydrogen-bond acceptors (Lipinski definition) is 3.